The predicted octanol–water partition coefficient (Wildman–Crippen LogP) is 3.26. The van der Waals surface area contributed by atoms with Gasteiger partial charge in [-0.2, -0.15) is 0 Å². The number of allylic oxidation sites excluding steroid dienone is 1. The van der Waals surface area contributed by atoms with Crippen LogP contribution >= 0.6 is 0 Å². The molecule has 0 heterocycles. The van der Waals surface area contributed by atoms with Crippen LogP contribution in [-0.4, -0.2) is 6.03 Å². The van der Waals surface area contributed by atoms with Crippen LogP contribution in [0.15, 0.2) is 30.5 Å². The molecule has 4 heteroatoms. The molecule has 98 valence electrons. The number of urea groups is 1. The molecular weight excluding hydrogens is 226 g/mol. The molecule has 0 aromatic heterocycles. The van der Waals surface area contributed by atoms with E-state index >= 15 is 0 Å². The molecule has 1 rings (SSSR count). The highest BCUT2D eigenvalue weighted by Crippen LogP contribution is 2.19. The zero-order chi connectivity index (χ0) is 13.8. The summed E-state index contributed by atoms with van der Waals surface area (Å²) in [7, 11) is 0. The normalized spacial score (nSPS) is 11.6. The number of benzene rings is 1. The molecule has 18 heavy (non-hydrogen) atoms. The van der Waals surface area contributed by atoms with Gasteiger partial charge < -0.3 is 16.4 Å². The van der Waals surface area contributed by atoms with Crippen molar-refractivity contribution >= 4 is 17.4 Å². The molecule has 0 bridgehead atoms. The van der Waals surface area contributed by atoms with Gasteiger partial charge in [0.2, 0.25) is 0 Å². The molecule has 0 spiro atoms. The van der Waals surface area contributed by atoms with Crippen molar-refractivity contribution in [3.8, 4) is 0 Å². The van der Waals surface area contributed by atoms with Crippen LogP contribution in [0.25, 0.3) is 0 Å². The number of anilines is 2. The minimum absolute atomic E-state index is 0.0379. The van der Waals surface area contributed by atoms with Crippen molar-refractivity contribution in [2.45, 2.75) is 27.7 Å². The standard InChI is InChI=1S/C14H21N3O/c1-10-5-6-12(11(15)9-10)17-13(18)16-8-7-14(2,3)4/h5-9H,15H2,1-4H3,(H2,16,17,18)/b8-7+. The quantitative estimate of drug-likeness (QED) is 0.702. The molecule has 0 saturated heterocycles. The number of hydrogen-bond acceptors (Lipinski definition) is 2. The van der Waals surface area contributed by atoms with Gasteiger partial charge in [-0.15, -0.1) is 0 Å². The molecule has 0 fully saturated rings. The molecular formula is C14H21N3O. The second-order valence-electron chi connectivity index (χ2n) is 5.39. The SMILES string of the molecule is Cc1ccc(NC(=O)N/C=C/C(C)(C)C)c(N)c1. The first-order chi connectivity index (χ1) is 8.28. The fraction of sp³-hybridized carbons (Fsp3) is 0.357. The van der Waals surface area contributed by atoms with E-state index < -0.39 is 0 Å². The van der Waals surface area contributed by atoms with E-state index in [4.69, 9.17) is 5.73 Å². The van der Waals surface area contributed by atoms with Crippen LogP contribution in [0.3, 0.4) is 0 Å². The summed E-state index contributed by atoms with van der Waals surface area (Å²) in [6.07, 6.45) is 3.56. The van der Waals surface area contributed by atoms with Crippen molar-refractivity contribution < 1.29 is 4.79 Å². The zero-order valence-corrected chi connectivity index (χ0v) is 11.4. The van der Waals surface area contributed by atoms with Crippen LogP contribution < -0.4 is 16.4 Å². The van der Waals surface area contributed by atoms with Crippen molar-refractivity contribution in [1.82, 2.24) is 5.32 Å². The van der Waals surface area contributed by atoms with Crippen LogP contribution in [0.1, 0.15) is 26.3 Å². The minimum Gasteiger partial charge on any atom is -0.397 e. The van der Waals surface area contributed by atoms with Crippen LogP contribution in [-0.2, 0) is 0 Å². The predicted molar refractivity (Wildman–Crippen MR) is 76.3 cm³/mol. The Balaban J connectivity index is 2.58. The zero-order valence-electron chi connectivity index (χ0n) is 11.4. The van der Waals surface area contributed by atoms with Crippen molar-refractivity contribution in [3.63, 3.8) is 0 Å². The largest absolute Gasteiger partial charge is 0.397 e. The van der Waals surface area contributed by atoms with Crippen LogP contribution in [0.4, 0.5) is 16.2 Å². The van der Waals surface area contributed by atoms with Crippen molar-refractivity contribution in [3.05, 3.63) is 36.0 Å². The van der Waals surface area contributed by atoms with Crippen molar-refractivity contribution in [2.75, 3.05) is 11.1 Å². The fourth-order valence-electron chi connectivity index (χ4n) is 1.32. The Kier molecular flexibility index (Phi) is 4.37. The highest BCUT2D eigenvalue weighted by molar-refractivity contribution is 5.93. The molecule has 2 amide bonds. The molecule has 0 aliphatic rings. The number of rotatable bonds is 2. The lowest BCUT2D eigenvalue weighted by Gasteiger charge is -2.12. The molecule has 4 nitrogen and oxygen atoms in total. The van der Waals surface area contributed by atoms with E-state index in [1.54, 1.807) is 12.3 Å². The molecule has 0 radical (unpaired) electrons. The Bertz CT molecular complexity index is 459. The van der Waals surface area contributed by atoms with E-state index in [1.165, 1.54) is 0 Å². The third kappa shape index (κ3) is 4.91. The van der Waals surface area contributed by atoms with Gasteiger partial charge in [0.15, 0.2) is 0 Å². The Labute approximate surface area is 108 Å². The monoisotopic (exact) mass is 247 g/mol. The number of carbonyl (C=O) groups is 1. The highest BCUT2D eigenvalue weighted by Gasteiger charge is 2.05. The van der Waals surface area contributed by atoms with Crippen molar-refractivity contribution in [2.24, 2.45) is 5.41 Å². The summed E-state index contributed by atoms with van der Waals surface area (Å²) in [4.78, 5) is 11.6. The van der Waals surface area contributed by atoms with E-state index in [0.29, 0.717) is 11.4 Å². The second-order valence-corrected chi connectivity index (χ2v) is 5.39. The average Bonchev–Trinajstić information content (AvgIpc) is 2.20. The van der Waals surface area contributed by atoms with E-state index in [2.05, 4.69) is 31.4 Å². The molecule has 0 atom stereocenters. The summed E-state index contributed by atoms with van der Waals surface area (Å²) in [5.41, 5.74) is 8.08. The fourth-order valence-corrected chi connectivity index (χ4v) is 1.32. The summed E-state index contributed by atoms with van der Waals surface area (Å²) in [5, 5.41) is 5.34. The number of carbonyl (C=O) groups excluding carboxylic acids is 1. The summed E-state index contributed by atoms with van der Waals surface area (Å²) >= 11 is 0. The number of aryl methyl sites for hydroxylation is 1. The Hall–Kier alpha value is -1.97. The number of amides is 2. The summed E-state index contributed by atoms with van der Waals surface area (Å²) in [6, 6.07) is 5.21. The van der Waals surface area contributed by atoms with E-state index in [0.717, 1.165) is 5.56 Å². The maximum atomic E-state index is 11.6. The van der Waals surface area contributed by atoms with Crippen LogP contribution in [0, 0.1) is 12.3 Å². The summed E-state index contributed by atoms with van der Waals surface area (Å²) in [6.45, 7) is 8.12. The van der Waals surface area contributed by atoms with Gasteiger partial charge in [0.1, 0.15) is 0 Å². The van der Waals surface area contributed by atoms with Gasteiger partial charge in [-0.05, 0) is 30.0 Å². The van der Waals surface area contributed by atoms with Gasteiger partial charge in [0, 0.05) is 6.20 Å². The van der Waals surface area contributed by atoms with E-state index in [9.17, 15) is 4.79 Å². The maximum Gasteiger partial charge on any atom is 0.323 e. The van der Waals surface area contributed by atoms with Crippen LogP contribution in [0.5, 0.6) is 0 Å². The minimum atomic E-state index is -0.300. The molecule has 0 saturated carbocycles. The number of nitrogen functional groups attached to an aromatic ring is 1. The van der Waals surface area contributed by atoms with Gasteiger partial charge in [0.05, 0.1) is 11.4 Å². The lowest BCUT2D eigenvalue weighted by atomic mass is 9.97. The molecule has 0 aliphatic heterocycles. The third-order valence-corrected chi connectivity index (χ3v) is 2.25. The number of hydrogen-bond donors (Lipinski definition) is 3. The summed E-state index contributed by atoms with van der Waals surface area (Å²) < 4.78 is 0. The maximum absolute atomic E-state index is 11.6. The Morgan fingerprint density at radius 3 is 2.56 bits per heavy atom. The molecule has 1 aromatic carbocycles. The van der Waals surface area contributed by atoms with Gasteiger partial charge in [-0.1, -0.05) is 32.9 Å². The third-order valence-electron chi connectivity index (χ3n) is 2.25. The first kappa shape index (κ1) is 14.1. The first-order valence-corrected chi connectivity index (χ1v) is 5.89. The van der Waals surface area contributed by atoms with E-state index in [-0.39, 0.29) is 11.4 Å². The molecule has 0 unspecified atom stereocenters. The number of nitrogens with one attached hydrogen (secondary N) is 2. The number of nitrogens with two attached hydrogens (primary N) is 1. The Morgan fingerprint density at radius 1 is 1.33 bits per heavy atom. The smallest absolute Gasteiger partial charge is 0.323 e. The van der Waals surface area contributed by atoms with Crippen LogP contribution in [0.2, 0.25) is 0 Å². The first-order valence-electron chi connectivity index (χ1n) is 5.89. The molecule has 1 aromatic rings. The second kappa shape index (κ2) is 5.58. The van der Waals surface area contributed by atoms with Crippen molar-refractivity contribution in [1.29, 1.82) is 0 Å². The topological polar surface area (TPSA) is 67.2 Å². The van der Waals surface area contributed by atoms with Gasteiger partial charge in [-0.3, -0.25) is 0 Å². The lowest BCUT2D eigenvalue weighted by molar-refractivity contribution is 0.255. The van der Waals surface area contributed by atoms with Gasteiger partial charge in [-0.25, -0.2) is 4.79 Å². The highest BCUT2D eigenvalue weighted by atomic mass is 16.2. The molecule has 4 N–H and O–H groups in total. The van der Waals surface area contributed by atoms with Gasteiger partial charge >= 0.3 is 6.03 Å². The Morgan fingerprint density at radius 2 is 2.00 bits per heavy atom. The molecule has 0 aliphatic carbocycles. The lowest BCUT2D eigenvalue weighted by Crippen LogP contribution is -2.24. The average molecular weight is 247 g/mol. The van der Waals surface area contributed by atoms with Gasteiger partial charge in [0.25, 0.3) is 0 Å². The summed E-state index contributed by atoms with van der Waals surface area (Å²) in [5.74, 6) is 0. The van der Waals surface area contributed by atoms with E-state index in [1.807, 2.05) is 25.1 Å².